The lowest BCUT2D eigenvalue weighted by Gasteiger charge is -2.14. The molecule has 5 nitrogen and oxygen atoms in total. The number of halogens is 3. The highest BCUT2D eigenvalue weighted by Crippen LogP contribution is 2.40. The minimum atomic E-state index is -0.599. The lowest BCUT2D eigenvalue weighted by atomic mass is 9.94. The molecule has 0 aliphatic heterocycles. The molecule has 6 rings (SSSR count). The molecule has 5 atom stereocenters. The Balaban J connectivity index is 0.000000179. The number of hydrogen-bond acceptors (Lipinski definition) is 5. The number of nitrogens with zero attached hydrogens (tertiary/aromatic N) is 2. The number of rotatable bonds is 3. The fraction of sp³-hybridized carbons (Fsp3) is 0.400. The zero-order valence-corrected chi connectivity index (χ0v) is 28.9. The lowest BCUT2D eigenvalue weighted by molar-refractivity contribution is -0.117. The maximum Gasteiger partial charge on any atom is 0.133 e. The number of carbonyl (C=O) groups excluding carboxylic acids is 1. The Morgan fingerprint density at radius 2 is 0.977 bits per heavy atom. The van der Waals surface area contributed by atoms with Crippen molar-refractivity contribution in [2.24, 2.45) is 11.5 Å². The van der Waals surface area contributed by atoms with Gasteiger partial charge in [-0.1, -0.05) is 84.2 Å². The summed E-state index contributed by atoms with van der Waals surface area (Å²) >= 11 is 10.2. The van der Waals surface area contributed by atoms with Crippen molar-refractivity contribution in [1.29, 1.82) is 10.5 Å². The molecular weight excluding hydrogens is 732 g/mol. The molecule has 0 aromatic heterocycles. The van der Waals surface area contributed by atoms with Gasteiger partial charge in [-0.3, -0.25) is 4.79 Å². The van der Waals surface area contributed by atoms with Crippen LogP contribution in [0.3, 0.4) is 0 Å². The zero-order valence-electron chi connectivity index (χ0n) is 24.1. The van der Waals surface area contributed by atoms with Crippen LogP contribution in [0.5, 0.6) is 0 Å². The van der Waals surface area contributed by atoms with Crippen LogP contribution in [0, 0.1) is 22.7 Å². The predicted molar refractivity (Wildman–Crippen MR) is 184 cm³/mol. The summed E-state index contributed by atoms with van der Waals surface area (Å²) in [6, 6.07) is 29.3. The standard InChI is InChI=1S/2C12H13BrN2.C11H11BrO.H2/c2*13-11-3-1-9(2-4-11)10-5-6-12(15,7-10)8-14;12-10-4-1-8(2-5-10)9-3-6-11(13)7-9;/h2*1-4,10H,5-7,15H2;1-2,4-5,9H,3,6-7H2;1H/t10-,12+;10-,12-;9-;/m111./s1. The van der Waals surface area contributed by atoms with Gasteiger partial charge in [-0.25, -0.2) is 0 Å². The number of nitriles is 2. The number of ketones is 1. The van der Waals surface area contributed by atoms with Gasteiger partial charge >= 0.3 is 0 Å². The van der Waals surface area contributed by atoms with Crippen LogP contribution in [-0.4, -0.2) is 16.9 Å². The first-order chi connectivity index (χ1) is 20.5. The summed E-state index contributed by atoms with van der Waals surface area (Å²) in [7, 11) is 0. The average molecular weight is 771 g/mol. The predicted octanol–water partition coefficient (Wildman–Crippen LogP) is 9.41. The summed E-state index contributed by atoms with van der Waals surface area (Å²) in [5, 5.41) is 17.9. The minimum Gasteiger partial charge on any atom is -0.313 e. The molecule has 4 N–H and O–H groups in total. The van der Waals surface area contributed by atoms with Gasteiger partial charge < -0.3 is 11.5 Å². The van der Waals surface area contributed by atoms with E-state index < -0.39 is 11.1 Å². The number of hydrogen-bond donors (Lipinski definition) is 2. The van der Waals surface area contributed by atoms with E-state index in [0.29, 0.717) is 23.5 Å². The fourth-order valence-corrected chi connectivity index (χ4v) is 7.02. The van der Waals surface area contributed by atoms with Crippen LogP contribution in [0.4, 0.5) is 0 Å². The highest BCUT2D eigenvalue weighted by atomic mass is 79.9. The maximum atomic E-state index is 11.1. The van der Waals surface area contributed by atoms with Gasteiger partial charge in [0.1, 0.15) is 16.9 Å². The molecule has 0 spiro atoms. The van der Waals surface area contributed by atoms with Crippen molar-refractivity contribution in [3.8, 4) is 12.1 Å². The normalized spacial score (nSPS) is 27.7. The maximum absolute atomic E-state index is 11.1. The Morgan fingerprint density at radius 3 is 1.26 bits per heavy atom. The van der Waals surface area contributed by atoms with Crippen LogP contribution in [-0.2, 0) is 4.79 Å². The molecule has 0 saturated heterocycles. The molecule has 43 heavy (non-hydrogen) atoms. The van der Waals surface area contributed by atoms with E-state index in [1.54, 1.807) is 0 Å². The van der Waals surface area contributed by atoms with Crippen LogP contribution in [0.25, 0.3) is 0 Å². The van der Waals surface area contributed by atoms with Gasteiger partial charge in [-0.15, -0.1) is 0 Å². The third-order valence-electron chi connectivity index (χ3n) is 8.81. The minimum absolute atomic E-state index is 0. The Bertz CT molecular complexity index is 1390. The number of nitrogens with two attached hydrogens (primary N) is 2. The third kappa shape index (κ3) is 9.58. The summed E-state index contributed by atoms with van der Waals surface area (Å²) in [5.41, 5.74) is 14.6. The van der Waals surface area contributed by atoms with Crippen molar-refractivity contribution in [1.82, 2.24) is 0 Å². The summed E-state index contributed by atoms with van der Waals surface area (Å²) in [4.78, 5) is 11.1. The van der Waals surface area contributed by atoms with Crippen molar-refractivity contribution < 1.29 is 6.22 Å². The van der Waals surface area contributed by atoms with E-state index in [9.17, 15) is 4.79 Å². The van der Waals surface area contributed by atoms with E-state index in [1.165, 1.54) is 16.7 Å². The summed E-state index contributed by atoms with van der Waals surface area (Å²) in [6.07, 6.45) is 7.75. The summed E-state index contributed by atoms with van der Waals surface area (Å²) in [6.45, 7) is 0. The first kappa shape index (κ1) is 33.6. The molecule has 0 unspecified atom stereocenters. The lowest BCUT2D eigenvalue weighted by Crippen LogP contribution is -2.34. The summed E-state index contributed by atoms with van der Waals surface area (Å²) < 4.78 is 3.27. The Labute approximate surface area is 281 Å². The highest BCUT2D eigenvalue weighted by molar-refractivity contribution is 9.11. The van der Waals surface area contributed by atoms with Crippen LogP contribution < -0.4 is 11.5 Å². The number of Topliss-reactive ketones (excluding diaryl/α,β-unsaturated/α-hetero) is 1. The first-order valence-corrected chi connectivity index (χ1v) is 17.1. The van der Waals surface area contributed by atoms with Gasteiger partial charge in [-0.05, 0) is 116 Å². The molecule has 3 fully saturated rings. The molecule has 8 heteroatoms. The molecule has 0 bridgehead atoms. The van der Waals surface area contributed by atoms with E-state index in [0.717, 1.165) is 71.2 Å². The molecular formula is C35H39Br3N4O. The SMILES string of the molecule is N#C[C@@]1(N)CC[C@@H](c2ccc(Br)cc2)C1.N#C[C@]1(N)CC[C@@H](c2ccc(Br)cc2)C1.O=C1CC[C@@H](c2ccc(Br)cc2)C1.[HH]. The van der Waals surface area contributed by atoms with E-state index in [2.05, 4.69) is 96.3 Å². The molecule has 3 aromatic carbocycles. The Hall–Kier alpha value is -2.33. The topological polar surface area (TPSA) is 117 Å². The number of benzene rings is 3. The van der Waals surface area contributed by atoms with Gasteiger partial charge in [0, 0.05) is 27.7 Å². The van der Waals surface area contributed by atoms with Crippen molar-refractivity contribution in [3.05, 3.63) is 103 Å². The molecule has 0 amide bonds. The van der Waals surface area contributed by atoms with Crippen molar-refractivity contribution in [2.45, 2.75) is 86.6 Å². The third-order valence-corrected chi connectivity index (χ3v) is 10.4. The van der Waals surface area contributed by atoms with Crippen LogP contribution in [0.15, 0.2) is 86.2 Å². The van der Waals surface area contributed by atoms with Crippen LogP contribution in [0.2, 0.25) is 0 Å². The first-order valence-electron chi connectivity index (χ1n) is 14.7. The van der Waals surface area contributed by atoms with E-state index in [4.69, 9.17) is 22.0 Å². The van der Waals surface area contributed by atoms with E-state index in [-0.39, 0.29) is 1.43 Å². The Kier molecular flexibility index (Phi) is 11.8. The van der Waals surface area contributed by atoms with E-state index in [1.807, 2.05) is 36.4 Å². The second-order valence-electron chi connectivity index (χ2n) is 12.0. The van der Waals surface area contributed by atoms with Crippen molar-refractivity contribution in [2.75, 3.05) is 0 Å². The van der Waals surface area contributed by atoms with Crippen LogP contribution >= 0.6 is 47.8 Å². The second kappa shape index (κ2) is 15.1. The smallest absolute Gasteiger partial charge is 0.133 e. The largest absolute Gasteiger partial charge is 0.313 e. The molecule has 3 aliphatic carbocycles. The molecule has 0 heterocycles. The van der Waals surface area contributed by atoms with Crippen molar-refractivity contribution >= 4 is 53.6 Å². The second-order valence-corrected chi connectivity index (χ2v) is 14.8. The van der Waals surface area contributed by atoms with E-state index >= 15 is 0 Å². The molecule has 3 aromatic rings. The summed E-state index contributed by atoms with van der Waals surface area (Å²) in [5.74, 6) is 1.78. The van der Waals surface area contributed by atoms with Gasteiger partial charge in [-0.2, -0.15) is 10.5 Å². The molecule has 3 saturated carbocycles. The molecule has 226 valence electrons. The quantitative estimate of drug-likeness (QED) is 0.275. The number of carbonyl (C=O) groups is 1. The van der Waals surface area contributed by atoms with Crippen LogP contribution in [0.1, 0.15) is 93.7 Å². The zero-order chi connectivity index (χ0) is 31.0. The molecule has 0 radical (unpaired) electrons. The van der Waals surface area contributed by atoms with Gasteiger partial charge in [0.05, 0.1) is 12.1 Å². The van der Waals surface area contributed by atoms with Crippen molar-refractivity contribution in [3.63, 3.8) is 0 Å². The fourth-order valence-electron chi connectivity index (χ4n) is 6.23. The van der Waals surface area contributed by atoms with Gasteiger partial charge in [0.25, 0.3) is 0 Å². The van der Waals surface area contributed by atoms with Gasteiger partial charge in [0.15, 0.2) is 0 Å². The van der Waals surface area contributed by atoms with Gasteiger partial charge in [0.2, 0.25) is 0 Å². The highest BCUT2D eigenvalue weighted by Gasteiger charge is 2.37. The monoisotopic (exact) mass is 768 g/mol. The Morgan fingerprint density at radius 1 is 0.628 bits per heavy atom. The average Bonchev–Trinajstić information content (AvgIpc) is 3.74. The molecule has 3 aliphatic rings.